The first-order valence-corrected chi connectivity index (χ1v) is 6.91. The fraction of sp³-hybridized carbons (Fsp3) is 0.923. The van der Waals surface area contributed by atoms with Gasteiger partial charge in [-0.3, -0.25) is 4.79 Å². The van der Waals surface area contributed by atoms with Gasteiger partial charge in [0, 0.05) is 19.5 Å². The average molecular weight is 241 g/mol. The summed E-state index contributed by atoms with van der Waals surface area (Å²) in [7, 11) is 0. The lowest BCUT2D eigenvalue weighted by molar-refractivity contribution is -0.121. The Balaban J connectivity index is 1.99. The van der Waals surface area contributed by atoms with Crippen molar-refractivity contribution in [2.75, 3.05) is 32.7 Å². The van der Waals surface area contributed by atoms with Crippen LogP contribution in [0.5, 0.6) is 0 Å². The minimum atomic E-state index is 0.169. The van der Waals surface area contributed by atoms with Gasteiger partial charge in [-0.2, -0.15) is 0 Å². The molecule has 1 aliphatic rings. The summed E-state index contributed by atoms with van der Waals surface area (Å²) in [6.45, 7) is 6.93. The van der Waals surface area contributed by atoms with Gasteiger partial charge in [-0.1, -0.05) is 13.3 Å². The number of carbonyl (C=O) groups excluding carboxylic acids is 1. The molecule has 0 aromatic carbocycles. The van der Waals surface area contributed by atoms with Gasteiger partial charge in [-0.15, -0.1) is 0 Å². The summed E-state index contributed by atoms with van der Waals surface area (Å²) in [6, 6.07) is 0. The van der Waals surface area contributed by atoms with Gasteiger partial charge in [0.15, 0.2) is 0 Å². The van der Waals surface area contributed by atoms with E-state index in [1.165, 1.54) is 32.4 Å². The van der Waals surface area contributed by atoms with E-state index in [2.05, 4.69) is 17.1 Å². The fourth-order valence-electron chi connectivity index (χ4n) is 2.12. The van der Waals surface area contributed by atoms with Crippen LogP contribution in [-0.2, 0) is 4.79 Å². The van der Waals surface area contributed by atoms with E-state index in [0.717, 1.165) is 19.5 Å². The number of likely N-dealkylation sites (tertiary alicyclic amines) is 1. The van der Waals surface area contributed by atoms with Crippen LogP contribution in [0.1, 0.15) is 39.0 Å². The molecule has 0 aliphatic carbocycles. The summed E-state index contributed by atoms with van der Waals surface area (Å²) in [4.78, 5) is 14.0. The molecule has 4 nitrogen and oxygen atoms in total. The number of rotatable bonds is 7. The van der Waals surface area contributed by atoms with Gasteiger partial charge in [0.25, 0.3) is 0 Å². The van der Waals surface area contributed by atoms with Gasteiger partial charge in [0.05, 0.1) is 0 Å². The molecule has 0 aromatic heterocycles. The summed E-state index contributed by atoms with van der Waals surface area (Å²) < 4.78 is 0. The normalized spacial score (nSPS) is 18.9. The van der Waals surface area contributed by atoms with Gasteiger partial charge in [0.1, 0.15) is 0 Å². The van der Waals surface area contributed by atoms with Crippen LogP contribution in [-0.4, -0.2) is 43.5 Å². The average Bonchev–Trinajstić information content (AvgIpc) is 2.37. The molecule has 0 saturated carbocycles. The molecule has 3 N–H and O–H groups in total. The molecule has 0 bridgehead atoms. The quantitative estimate of drug-likeness (QED) is 0.698. The van der Waals surface area contributed by atoms with Crippen molar-refractivity contribution in [2.45, 2.75) is 39.0 Å². The van der Waals surface area contributed by atoms with Crippen LogP contribution in [0.15, 0.2) is 0 Å². The highest BCUT2D eigenvalue weighted by Crippen LogP contribution is 2.07. The number of nitrogens with two attached hydrogens (primary N) is 1. The Bertz CT molecular complexity index is 215. The first kappa shape index (κ1) is 14.5. The Morgan fingerprint density at radius 1 is 1.35 bits per heavy atom. The van der Waals surface area contributed by atoms with Crippen molar-refractivity contribution < 1.29 is 4.79 Å². The first-order chi connectivity index (χ1) is 8.22. The number of hydrogen-bond acceptors (Lipinski definition) is 3. The maximum atomic E-state index is 11.5. The highest BCUT2D eigenvalue weighted by Gasteiger charge is 2.10. The second kappa shape index (κ2) is 8.48. The van der Waals surface area contributed by atoms with Crippen molar-refractivity contribution in [3.8, 4) is 0 Å². The maximum absolute atomic E-state index is 11.5. The minimum Gasteiger partial charge on any atom is -0.355 e. The molecule has 0 radical (unpaired) electrons. The standard InChI is InChI=1S/C13H27N3O/c1-12(11-14)5-6-13(17)15-7-10-16-8-3-2-4-9-16/h12H,2-11,14H2,1H3,(H,15,17). The molecular weight excluding hydrogens is 214 g/mol. The zero-order chi connectivity index (χ0) is 12.5. The molecule has 4 heteroatoms. The lowest BCUT2D eigenvalue weighted by atomic mass is 10.1. The molecule has 17 heavy (non-hydrogen) atoms. The van der Waals surface area contributed by atoms with Crippen molar-refractivity contribution in [1.82, 2.24) is 10.2 Å². The maximum Gasteiger partial charge on any atom is 0.220 e. The van der Waals surface area contributed by atoms with Crippen molar-refractivity contribution in [3.05, 3.63) is 0 Å². The minimum absolute atomic E-state index is 0.169. The topological polar surface area (TPSA) is 58.4 Å². The zero-order valence-corrected chi connectivity index (χ0v) is 11.1. The molecule has 1 atom stereocenters. The third-order valence-corrected chi connectivity index (χ3v) is 3.47. The van der Waals surface area contributed by atoms with E-state index >= 15 is 0 Å². The number of carbonyl (C=O) groups is 1. The Morgan fingerprint density at radius 3 is 2.71 bits per heavy atom. The molecule has 1 saturated heterocycles. The molecule has 0 spiro atoms. The number of hydrogen-bond donors (Lipinski definition) is 2. The lowest BCUT2D eigenvalue weighted by Crippen LogP contribution is -2.37. The number of amides is 1. The molecule has 1 unspecified atom stereocenters. The predicted octanol–water partition coefficient (Wildman–Crippen LogP) is 0.964. The summed E-state index contributed by atoms with van der Waals surface area (Å²) >= 11 is 0. The molecule has 1 rings (SSSR count). The van der Waals surface area contributed by atoms with E-state index < -0.39 is 0 Å². The Hall–Kier alpha value is -0.610. The van der Waals surface area contributed by atoms with Gasteiger partial charge in [0.2, 0.25) is 5.91 Å². The molecular formula is C13H27N3O. The van der Waals surface area contributed by atoms with Gasteiger partial charge >= 0.3 is 0 Å². The van der Waals surface area contributed by atoms with E-state index in [9.17, 15) is 4.79 Å². The largest absolute Gasteiger partial charge is 0.355 e. The first-order valence-electron chi connectivity index (χ1n) is 6.91. The fourth-order valence-corrected chi connectivity index (χ4v) is 2.12. The second-order valence-electron chi connectivity index (χ2n) is 5.13. The highest BCUT2D eigenvalue weighted by molar-refractivity contribution is 5.75. The van der Waals surface area contributed by atoms with Crippen LogP contribution in [0.25, 0.3) is 0 Å². The van der Waals surface area contributed by atoms with E-state index in [-0.39, 0.29) is 5.91 Å². The zero-order valence-electron chi connectivity index (χ0n) is 11.1. The van der Waals surface area contributed by atoms with Crippen LogP contribution in [0.3, 0.4) is 0 Å². The summed E-state index contributed by atoms with van der Waals surface area (Å²) in [5.74, 6) is 0.616. The lowest BCUT2D eigenvalue weighted by Gasteiger charge is -2.26. The van der Waals surface area contributed by atoms with Crippen molar-refractivity contribution >= 4 is 5.91 Å². The number of piperidine rings is 1. The number of nitrogens with one attached hydrogen (secondary N) is 1. The molecule has 1 aliphatic heterocycles. The molecule has 100 valence electrons. The Labute approximate surface area is 105 Å². The Kier molecular flexibility index (Phi) is 7.21. The van der Waals surface area contributed by atoms with Crippen LogP contribution in [0, 0.1) is 5.92 Å². The molecule has 1 amide bonds. The van der Waals surface area contributed by atoms with Crippen molar-refractivity contribution in [3.63, 3.8) is 0 Å². The van der Waals surface area contributed by atoms with E-state index in [0.29, 0.717) is 18.9 Å². The van der Waals surface area contributed by atoms with Crippen LogP contribution in [0.2, 0.25) is 0 Å². The third-order valence-electron chi connectivity index (χ3n) is 3.47. The van der Waals surface area contributed by atoms with Crippen molar-refractivity contribution in [1.29, 1.82) is 0 Å². The summed E-state index contributed by atoms with van der Waals surface area (Å²) in [6.07, 6.45) is 5.48. The monoisotopic (exact) mass is 241 g/mol. The summed E-state index contributed by atoms with van der Waals surface area (Å²) in [5, 5.41) is 2.99. The second-order valence-corrected chi connectivity index (χ2v) is 5.13. The van der Waals surface area contributed by atoms with Crippen LogP contribution < -0.4 is 11.1 Å². The molecule has 1 heterocycles. The number of nitrogens with zero attached hydrogens (tertiary/aromatic N) is 1. The Morgan fingerprint density at radius 2 is 2.06 bits per heavy atom. The van der Waals surface area contributed by atoms with Crippen LogP contribution >= 0.6 is 0 Å². The highest BCUT2D eigenvalue weighted by atomic mass is 16.1. The van der Waals surface area contributed by atoms with Crippen molar-refractivity contribution in [2.24, 2.45) is 11.7 Å². The van der Waals surface area contributed by atoms with E-state index in [4.69, 9.17) is 5.73 Å². The van der Waals surface area contributed by atoms with E-state index in [1.54, 1.807) is 0 Å². The van der Waals surface area contributed by atoms with E-state index in [1.807, 2.05) is 0 Å². The third kappa shape index (κ3) is 6.64. The SMILES string of the molecule is CC(CN)CCC(=O)NCCN1CCCCC1. The predicted molar refractivity (Wildman–Crippen MR) is 70.8 cm³/mol. The van der Waals surface area contributed by atoms with Gasteiger partial charge in [-0.25, -0.2) is 0 Å². The summed E-state index contributed by atoms with van der Waals surface area (Å²) in [5.41, 5.74) is 5.52. The smallest absolute Gasteiger partial charge is 0.220 e. The molecule has 0 aromatic rings. The van der Waals surface area contributed by atoms with Gasteiger partial charge < -0.3 is 16.0 Å². The van der Waals surface area contributed by atoms with Crippen LogP contribution in [0.4, 0.5) is 0 Å². The molecule has 1 fully saturated rings. The van der Waals surface area contributed by atoms with Gasteiger partial charge in [-0.05, 0) is 44.8 Å².